The zero-order chi connectivity index (χ0) is 17.3. The van der Waals surface area contributed by atoms with Crippen LogP contribution in [-0.2, 0) is 12.6 Å². The first kappa shape index (κ1) is 17.7. The summed E-state index contributed by atoms with van der Waals surface area (Å²) in [5.74, 6) is -0.374. The van der Waals surface area contributed by atoms with E-state index in [4.69, 9.17) is 0 Å². The highest BCUT2D eigenvalue weighted by Gasteiger charge is 2.31. The molecule has 0 aliphatic heterocycles. The summed E-state index contributed by atoms with van der Waals surface area (Å²) in [5.41, 5.74) is 0.469. The van der Waals surface area contributed by atoms with E-state index in [1.165, 1.54) is 18.2 Å². The number of hydrogen-bond acceptors (Lipinski definition) is 1. The summed E-state index contributed by atoms with van der Waals surface area (Å²) in [6.07, 6.45) is -8.92. The van der Waals surface area contributed by atoms with Crippen LogP contribution in [0.3, 0.4) is 0 Å². The van der Waals surface area contributed by atoms with Crippen LogP contribution in [0.1, 0.15) is 16.7 Å². The monoisotopic (exact) mass is 398 g/mol. The van der Waals surface area contributed by atoms with Gasteiger partial charge >= 0.3 is 12.5 Å². The van der Waals surface area contributed by atoms with E-state index in [1.807, 2.05) is 0 Å². The van der Waals surface area contributed by atoms with Gasteiger partial charge in [0.25, 0.3) is 0 Å². The molecule has 0 saturated carbocycles. The fraction of sp³-hybridized carbons (Fsp3) is 0.200. The van der Waals surface area contributed by atoms with Gasteiger partial charge in [-0.25, -0.2) is 0 Å². The molecule has 0 radical (unpaired) electrons. The predicted molar refractivity (Wildman–Crippen MR) is 75.1 cm³/mol. The summed E-state index contributed by atoms with van der Waals surface area (Å²) in [6, 6.07) is 8.31. The zero-order valence-electron chi connectivity index (χ0n) is 11.3. The van der Waals surface area contributed by atoms with Gasteiger partial charge in [0.05, 0.1) is 5.56 Å². The number of rotatable bonds is 3. The van der Waals surface area contributed by atoms with Gasteiger partial charge in [0.1, 0.15) is 5.75 Å². The van der Waals surface area contributed by atoms with E-state index in [9.17, 15) is 26.3 Å². The highest BCUT2D eigenvalue weighted by atomic mass is 79.9. The van der Waals surface area contributed by atoms with E-state index < -0.39 is 18.1 Å². The van der Waals surface area contributed by atoms with Crippen molar-refractivity contribution < 1.29 is 31.1 Å². The topological polar surface area (TPSA) is 9.23 Å². The van der Waals surface area contributed by atoms with E-state index in [0.717, 1.165) is 24.3 Å². The molecule has 1 nitrogen and oxygen atoms in total. The molecule has 8 heteroatoms. The van der Waals surface area contributed by atoms with Crippen LogP contribution >= 0.6 is 15.9 Å². The molecule has 2 aromatic carbocycles. The van der Waals surface area contributed by atoms with Crippen LogP contribution < -0.4 is 4.74 Å². The molecular formula is C15H9BrF6O. The molecule has 2 aromatic rings. The average Bonchev–Trinajstić information content (AvgIpc) is 2.40. The van der Waals surface area contributed by atoms with Gasteiger partial charge in [-0.15, -0.1) is 13.2 Å². The normalized spacial score (nSPS) is 12.3. The minimum absolute atomic E-state index is 0.269. The van der Waals surface area contributed by atoms with E-state index in [-0.39, 0.29) is 12.2 Å². The van der Waals surface area contributed by atoms with E-state index in [0.29, 0.717) is 15.6 Å². The smallest absolute Gasteiger partial charge is 0.406 e. The van der Waals surface area contributed by atoms with Gasteiger partial charge in [-0.3, -0.25) is 0 Å². The fourth-order valence-corrected chi connectivity index (χ4v) is 2.40. The van der Waals surface area contributed by atoms with Crippen LogP contribution in [-0.4, -0.2) is 6.36 Å². The van der Waals surface area contributed by atoms with Crippen molar-refractivity contribution in [3.63, 3.8) is 0 Å². The van der Waals surface area contributed by atoms with Crippen LogP contribution in [0.15, 0.2) is 46.9 Å². The molecule has 0 aliphatic rings. The fourth-order valence-electron chi connectivity index (χ4n) is 1.90. The lowest BCUT2D eigenvalue weighted by Crippen LogP contribution is -2.17. The Balaban J connectivity index is 2.14. The van der Waals surface area contributed by atoms with Gasteiger partial charge in [-0.2, -0.15) is 13.2 Å². The minimum atomic E-state index is -4.78. The Morgan fingerprint density at radius 3 is 1.96 bits per heavy atom. The van der Waals surface area contributed by atoms with Crippen molar-refractivity contribution in [2.45, 2.75) is 19.0 Å². The van der Waals surface area contributed by atoms with Crippen molar-refractivity contribution in [2.75, 3.05) is 0 Å². The number of alkyl halides is 6. The quantitative estimate of drug-likeness (QED) is 0.579. The molecule has 23 heavy (non-hydrogen) atoms. The Bertz CT molecular complexity index is 676. The maximum atomic E-state index is 12.5. The van der Waals surface area contributed by atoms with Gasteiger partial charge in [-0.1, -0.05) is 34.1 Å². The summed E-state index contributed by atoms with van der Waals surface area (Å²) < 4.78 is 78.0. The SMILES string of the molecule is FC(F)(F)Oc1ccc(Cc2ccc(C(F)(F)F)cc2)c(Br)c1. The molecule has 124 valence electrons. The third kappa shape index (κ3) is 5.16. The third-order valence-electron chi connectivity index (χ3n) is 2.93. The summed E-state index contributed by atoms with van der Waals surface area (Å²) >= 11 is 3.13. The first-order valence-corrected chi connectivity index (χ1v) is 7.04. The van der Waals surface area contributed by atoms with Crippen molar-refractivity contribution in [1.29, 1.82) is 0 Å². The van der Waals surface area contributed by atoms with Gasteiger partial charge in [-0.05, 0) is 41.8 Å². The average molecular weight is 399 g/mol. The molecular weight excluding hydrogens is 390 g/mol. The van der Waals surface area contributed by atoms with Crippen molar-refractivity contribution in [2.24, 2.45) is 0 Å². The van der Waals surface area contributed by atoms with Crippen LogP contribution in [0.5, 0.6) is 5.75 Å². The van der Waals surface area contributed by atoms with Crippen LogP contribution in [0.4, 0.5) is 26.3 Å². The van der Waals surface area contributed by atoms with Gasteiger partial charge in [0.15, 0.2) is 0 Å². The van der Waals surface area contributed by atoms with E-state index >= 15 is 0 Å². The van der Waals surface area contributed by atoms with Gasteiger partial charge < -0.3 is 4.74 Å². The lowest BCUT2D eigenvalue weighted by atomic mass is 10.0. The van der Waals surface area contributed by atoms with Crippen molar-refractivity contribution >= 4 is 15.9 Å². The summed E-state index contributed by atoms with van der Waals surface area (Å²) in [7, 11) is 0. The molecule has 0 saturated heterocycles. The second-order valence-corrected chi connectivity index (χ2v) is 5.53. The Hall–Kier alpha value is -1.70. The molecule has 2 rings (SSSR count). The van der Waals surface area contributed by atoms with Crippen molar-refractivity contribution in [3.05, 3.63) is 63.6 Å². The molecule has 0 atom stereocenters. The van der Waals surface area contributed by atoms with Crippen molar-refractivity contribution in [1.82, 2.24) is 0 Å². The highest BCUT2D eigenvalue weighted by molar-refractivity contribution is 9.10. The van der Waals surface area contributed by atoms with Crippen LogP contribution in [0, 0.1) is 0 Å². The second-order valence-electron chi connectivity index (χ2n) is 4.67. The zero-order valence-corrected chi connectivity index (χ0v) is 12.9. The molecule has 0 N–H and O–H groups in total. The van der Waals surface area contributed by atoms with Gasteiger partial charge in [0, 0.05) is 4.47 Å². The second kappa shape index (κ2) is 6.43. The predicted octanol–water partition coefficient (Wildman–Crippen LogP) is 5.96. The minimum Gasteiger partial charge on any atom is -0.406 e. The number of hydrogen-bond donors (Lipinski definition) is 0. The Kier molecular flexibility index (Phi) is 4.93. The van der Waals surface area contributed by atoms with Crippen molar-refractivity contribution in [3.8, 4) is 5.75 Å². The van der Waals surface area contributed by atoms with E-state index in [2.05, 4.69) is 20.7 Å². The van der Waals surface area contributed by atoms with Gasteiger partial charge in [0.2, 0.25) is 0 Å². The molecule has 0 amide bonds. The molecule has 0 heterocycles. The third-order valence-corrected chi connectivity index (χ3v) is 3.67. The first-order valence-electron chi connectivity index (χ1n) is 6.25. The first-order chi connectivity index (χ1) is 10.5. The summed E-state index contributed by atoms with van der Waals surface area (Å²) in [5, 5.41) is 0. The summed E-state index contributed by atoms with van der Waals surface area (Å²) in [4.78, 5) is 0. The van der Waals surface area contributed by atoms with E-state index in [1.54, 1.807) is 0 Å². The number of benzene rings is 2. The Labute approximate surface area is 136 Å². The molecule has 0 bridgehead atoms. The Morgan fingerprint density at radius 1 is 0.870 bits per heavy atom. The molecule has 0 aliphatic carbocycles. The lowest BCUT2D eigenvalue weighted by Gasteiger charge is -2.12. The molecule has 0 unspecified atom stereocenters. The number of halogens is 7. The molecule has 0 fully saturated rings. The maximum absolute atomic E-state index is 12.5. The number of ether oxygens (including phenoxy) is 1. The molecule has 0 spiro atoms. The lowest BCUT2D eigenvalue weighted by molar-refractivity contribution is -0.274. The molecule has 0 aromatic heterocycles. The highest BCUT2D eigenvalue weighted by Crippen LogP contribution is 2.31. The summed E-state index contributed by atoms with van der Waals surface area (Å²) in [6.45, 7) is 0. The van der Waals surface area contributed by atoms with Crippen LogP contribution in [0.2, 0.25) is 0 Å². The van der Waals surface area contributed by atoms with Crippen LogP contribution in [0.25, 0.3) is 0 Å². The largest absolute Gasteiger partial charge is 0.573 e. The maximum Gasteiger partial charge on any atom is 0.573 e. The standard InChI is InChI=1S/C15H9BrF6O/c16-13-8-12(23-15(20,21)22)6-3-10(13)7-9-1-4-11(5-2-9)14(17,18)19/h1-6,8H,7H2. The Morgan fingerprint density at radius 2 is 1.48 bits per heavy atom.